The Morgan fingerprint density at radius 2 is 1.69 bits per heavy atom. The zero-order valence-electron chi connectivity index (χ0n) is 20.2. The number of anilines is 1. The summed E-state index contributed by atoms with van der Waals surface area (Å²) in [5.74, 6) is 0. The van der Waals surface area contributed by atoms with Crippen LogP contribution < -0.4 is 4.31 Å². The minimum atomic E-state index is -4.37. The molecule has 5 aromatic rings. The number of benzene rings is 3. The molecule has 6 rings (SSSR count). The monoisotopic (exact) mass is 560 g/mol. The second-order valence-corrected chi connectivity index (χ2v) is 11.5. The van der Waals surface area contributed by atoms with Gasteiger partial charge in [-0.3, -0.25) is 19.0 Å². The molecule has 1 aliphatic rings. The van der Waals surface area contributed by atoms with Crippen molar-refractivity contribution >= 4 is 44.3 Å². The summed E-state index contributed by atoms with van der Waals surface area (Å²) < 4.78 is 37.2. The standard InChI is InChI=1S/C26H20N6O5S2/c33-32(34)21-12-6-7-13-22(21)39(35,36)31-14-23(37-15-18-8-4-5-11-20(18)31)30-17-29-25-24(30)26(28-16-27-25)38-19-9-2-1-3-10-19/h1-13,16-17,23H,14-15H2. The molecule has 0 aliphatic carbocycles. The number of fused-ring (bicyclic) bond motifs is 2. The molecule has 1 unspecified atom stereocenters. The van der Waals surface area contributed by atoms with Gasteiger partial charge in [0.25, 0.3) is 15.7 Å². The summed E-state index contributed by atoms with van der Waals surface area (Å²) >= 11 is 1.43. The van der Waals surface area contributed by atoms with Crippen LogP contribution in [-0.4, -0.2) is 39.4 Å². The van der Waals surface area contributed by atoms with Crippen LogP contribution in [0.4, 0.5) is 11.4 Å². The number of sulfonamides is 1. The zero-order valence-corrected chi connectivity index (χ0v) is 21.8. The van der Waals surface area contributed by atoms with Gasteiger partial charge in [-0.25, -0.2) is 23.4 Å². The van der Waals surface area contributed by atoms with Gasteiger partial charge in [0.05, 0.1) is 30.1 Å². The zero-order chi connectivity index (χ0) is 27.0. The highest BCUT2D eigenvalue weighted by atomic mass is 32.2. The Labute approximate surface area is 227 Å². The maximum absolute atomic E-state index is 14.0. The number of hydrogen-bond donors (Lipinski definition) is 0. The first-order valence-corrected chi connectivity index (χ1v) is 14.1. The topological polar surface area (TPSA) is 133 Å². The molecule has 2 aromatic heterocycles. The Bertz CT molecular complexity index is 1800. The molecule has 13 heteroatoms. The molecule has 0 amide bonds. The molecule has 11 nitrogen and oxygen atoms in total. The molecule has 39 heavy (non-hydrogen) atoms. The maximum Gasteiger partial charge on any atom is 0.289 e. The fourth-order valence-electron chi connectivity index (χ4n) is 4.44. The quantitative estimate of drug-likeness (QED) is 0.163. The highest BCUT2D eigenvalue weighted by molar-refractivity contribution is 7.99. The van der Waals surface area contributed by atoms with Crippen LogP contribution in [0.1, 0.15) is 11.8 Å². The summed E-state index contributed by atoms with van der Waals surface area (Å²) in [4.78, 5) is 24.8. The molecule has 0 N–H and O–H groups in total. The van der Waals surface area contributed by atoms with Crippen LogP contribution in [0.3, 0.4) is 0 Å². The molecule has 0 bridgehead atoms. The minimum Gasteiger partial charge on any atom is -0.351 e. The summed E-state index contributed by atoms with van der Waals surface area (Å²) in [7, 11) is -4.37. The summed E-state index contributed by atoms with van der Waals surface area (Å²) in [6.07, 6.45) is 2.14. The van der Waals surface area contributed by atoms with Crippen molar-refractivity contribution in [2.24, 2.45) is 0 Å². The lowest BCUT2D eigenvalue weighted by Crippen LogP contribution is -2.36. The predicted octanol–water partition coefficient (Wildman–Crippen LogP) is 4.81. The van der Waals surface area contributed by atoms with E-state index in [1.807, 2.05) is 30.3 Å². The number of hydrogen-bond acceptors (Lipinski definition) is 9. The van der Waals surface area contributed by atoms with Crippen molar-refractivity contribution in [2.45, 2.75) is 27.7 Å². The molecule has 0 saturated heterocycles. The lowest BCUT2D eigenvalue weighted by molar-refractivity contribution is -0.387. The van der Waals surface area contributed by atoms with Gasteiger partial charge in [0.1, 0.15) is 16.9 Å². The van der Waals surface area contributed by atoms with Crippen molar-refractivity contribution in [3.63, 3.8) is 0 Å². The average molecular weight is 561 g/mol. The smallest absolute Gasteiger partial charge is 0.289 e. The van der Waals surface area contributed by atoms with Gasteiger partial charge < -0.3 is 4.74 Å². The van der Waals surface area contributed by atoms with Crippen LogP contribution in [0.5, 0.6) is 0 Å². The Balaban J connectivity index is 1.47. The molecule has 0 radical (unpaired) electrons. The molecule has 1 atom stereocenters. The summed E-state index contributed by atoms with van der Waals surface area (Å²) in [5, 5.41) is 12.3. The Morgan fingerprint density at radius 3 is 2.51 bits per heavy atom. The Kier molecular flexibility index (Phi) is 6.46. The molecule has 196 valence electrons. The van der Waals surface area contributed by atoms with Gasteiger partial charge in [-0.1, -0.05) is 60.3 Å². The fraction of sp³-hybridized carbons (Fsp3) is 0.115. The van der Waals surface area contributed by atoms with Crippen LogP contribution in [0.2, 0.25) is 0 Å². The van der Waals surface area contributed by atoms with Gasteiger partial charge in [0, 0.05) is 16.5 Å². The van der Waals surface area contributed by atoms with Crippen molar-refractivity contribution in [3.05, 3.63) is 107 Å². The number of nitro benzene ring substituents is 1. The summed E-state index contributed by atoms with van der Waals surface area (Å²) in [5.41, 5.74) is 1.53. The van der Waals surface area contributed by atoms with E-state index < -0.39 is 31.8 Å². The number of nitro groups is 1. The average Bonchev–Trinajstić information content (AvgIpc) is 3.29. The van der Waals surface area contributed by atoms with Gasteiger partial charge in [-0.05, 0) is 24.3 Å². The number of imidazole rings is 1. The second kappa shape index (κ2) is 10.1. The second-order valence-electron chi connectivity index (χ2n) is 8.57. The van der Waals surface area contributed by atoms with E-state index in [-0.39, 0.29) is 13.2 Å². The van der Waals surface area contributed by atoms with E-state index in [0.717, 1.165) is 4.90 Å². The van der Waals surface area contributed by atoms with Crippen LogP contribution >= 0.6 is 11.8 Å². The predicted molar refractivity (Wildman–Crippen MR) is 144 cm³/mol. The summed E-state index contributed by atoms with van der Waals surface area (Å²) in [6.45, 7) is -0.0561. The number of aromatic nitrogens is 4. The molecular weight excluding hydrogens is 540 g/mol. The van der Waals surface area contributed by atoms with Crippen molar-refractivity contribution in [1.29, 1.82) is 0 Å². The maximum atomic E-state index is 14.0. The molecule has 1 aliphatic heterocycles. The number of para-hydroxylation sites is 2. The number of nitrogens with zero attached hydrogens (tertiary/aromatic N) is 6. The number of ether oxygens (including phenoxy) is 1. The third kappa shape index (κ3) is 4.60. The third-order valence-electron chi connectivity index (χ3n) is 6.24. The van der Waals surface area contributed by atoms with Gasteiger partial charge >= 0.3 is 0 Å². The van der Waals surface area contributed by atoms with Gasteiger partial charge in [-0.15, -0.1) is 0 Å². The van der Waals surface area contributed by atoms with Crippen LogP contribution in [0.15, 0.2) is 106 Å². The first-order valence-electron chi connectivity index (χ1n) is 11.8. The van der Waals surface area contributed by atoms with Gasteiger partial charge in [0.15, 0.2) is 16.8 Å². The van der Waals surface area contributed by atoms with Crippen molar-refractivity contribution in [1.82, 2.24) is 19.5 Å². The van der Waals surface area contributed by atoms with Gasteiger partial charge in [-0.2, -0.15) is 0 Å². The van der Waals surface area contributed by atoms with Crippen LogP contribution in [0.25, 0.3) is 11.2 Å². The number of rotatable bonds is 6. The largest absolute Gasteiger partial charge is 0.351 e. The minimum absolute atomic E-state index is 0.109. The molecule has 3 aromatic carbocycles. The lowest BCUT2D eigenvalue weighted by atomic mass is 10.2. The highest BCUT2D eigenvalue weighted by Gasteiger charge is 2.37. The van der Waals surface area contributed by atoms with Crippen molar-refractivity contribution < 1.29 is 18.1 Å². The van der Waals surface area contributed by atoms with Crippen molar-refractivity contribution in [2.75, 3.05) is 10.8 Å². The highest BCUT2D eigenvalue weighted by Crippen LogP contribution is 2.38. The van der Waals surface area contributed by atoms with E-state index in [1.165, 1.54) is 46.7 Å². The fourth-order valence-corrected chi connectivity index (χ4v) is 7.00. The Morgan fingerprint density at radius 1 is 0.949 bits per heavy atom. The van der Waals surface area contributed by atoms with E-state index in [1.54, 1.807) is 35.2 Å². The van der Waals surface area contributed by atoms with E-state index in [9.17, 15) is 18.5 Å². The first kappa shape index (κ1) is 25.0. The molecule has 3 heterocycles. The van der Waals surface area contributed by atoms with E-state index in [4.69, 9.17) is 4.74 Å². The van der Waals surface area contributed by atoms with E-state index >= 15 is 0 Å². The van der Waals surface area contributed by atoms with Crippen molar-refractivity contribution in [3.8, 4) is 0 Å². The normalized spacial score (nSPS) is 15.6. The SMILES string of the molecule is O=[N+]([O-])c1ccccc1S(=O)(=O)N1CC(n2cnc3ncnc(Sc4ccccc4)c32)OCc2ccccc21. The van der Waals surface area contributed by atoms with E-state index in [2.05, 4.69) is 15.0 Å². The van der Waals surface area contributed by atoms with Crippen LogP contribution in [-0.2, 0) is 21.4 Å². The summed E-state index contributed by atoms with van der Waals surface area (Å²) in [6, 6.07) is 21.9. The first-order chi connectivity index (χ1) is 18.9. The van der Waals surface area contributed by atoms with E-state index in [0.29, 0.717) is 27.4 Å². The molecule has 0 fully saturated rings. The lowest BCUT2D eigenvalue weighted by Gasteiger charge is -2.27. The molecule has 0 spiro atoms. The molecule has 0 saturated carbocycles. The van der Waals surface area contributed by atoms with Crippen LogP contribution in [0, 0.1) is 10.1 Å². The third-order valence-corrected chi connectivity index (χ3v) is 9.07. The van der Waals surface area contributed by atoms with Gasteiger partial charge in [0.2, 0.25) is 0 Å². The molecular formula is C26H20N6O5S2. The Hall–Kier alpha value is -4.33.